The van der Waals surface area contributed by atoms with Crippen LogP contribution in [0.4, 0.5) is 10.7 Å². The predicted octanol–water partition coefficient (Wildman–Crippen LogP) is 0.713. The molecule has 0 bridgehead atoms. The molecule has 0 aliphatic heterocycles. The fourth-order valence-corrected chi connectivity index (χ4v) is 0.811. The van der Waals surface area contributed by atoms with Crippen LogP contribution in [0.5, 0.6) is 0 Å². The largest absolute Gasteiger partial charge is 0.397 e. The maximum Gasteiger partial charge on any atom is 0.0884 e. The maximum atomic E-state index is 5.29. The van der Waals surface area contributed by atoms with Gasteiger partial charge in [0.15, 0.2) is 0 Å². The lowest BCUT2D eigenvalue weighted by atomic mass is 10.5. The molecule has 0 unspecified atom stereocenters. The first-order valence-corrected chi connectivity index (χ1v) is 2.63. The zero-order valence-electron chi connectivity index (χ0n) is 3.64. The normalized spacial score (nSPS) is 9.14. The van der Waals surface area contributed by atoms with Crippen LogP contribution in [0.15, 0.2) is 6.07 Å². The number of hydrogen-bond donors (Lipinski definition) is 2. The molecule has 0 aliphatic carbocycles. The summed E-state index contributed by atoms with van der Waals surface area (Å²) in [5.41, 5.74) is 11.2. The summed E-state index contributed by atoms with van der Waals surface area (Å²) in [6.45, 7) is 0. The highest BCUT2D eigenvalue weighted by atomic mass is 32.1. The van der Waals surface area contributed by atoms with E-state index in [2.05, 4.69) is 5.38 Å². The number of nitrogen functional groups attached to an aromatic ring is 2. The SMILES string of the molecule is Nc1[c]sc(N)c1. The van der Waals surface area contributed by atoms with Crippen LogP contribution in [0.1, 0.15) is 0 Å². The molecule has 4 N–H and O–H groups in total. The molecule has 2 nitrogen and oxygen atoms in total. The van der Waals surface area contributed by atoms with Crippen molar-refractivity contribution < 1.29 is 0 Å². The van der Waals surface area contributed by atoms with Gasteiger partial charge in [-0.25, -0.2) is 0 Å². The van der Waals surface area contributed by atoms with Gasteiger partial charge < -0.3 is 11.5 Å². The first kappa shape index (κ1) is 4.46. The van der Waals surface area contributed by atoms with E-state index in [0.717, 1.165) is 5.00 Å². The zero-order valence-corrected chi connectivity index (χ0v) is 4.46. The van der Waals surface area contributed by atoms with Crippen LogP contribution in [-0.2, 0) is 0 Å². The van der Waals surface area contributed by atoms with Gasteiger partial charge in [-0.15, -0.1) is 11.3 Å². The van der Waals surface area contributed by atoms with Gasteiger partial charge in [0.1, 0.15) is 0 Å². The lowest BCUT2D eigenvalue weighted by Crippen LogP contribution is -1.78. The topological polar surface area (TPSA) is 52.0 Å². The second-order valence-electron chi connectivity index (χ2n) is 1.21. The first-order valence-electron chi connectivity index (χ1n) is 1.81. The van der Waals surface area contributed by atoms with Gasteiger partial charge in [-0.1, -0.05) is 0 Å². The Hall–Kier alpha value is -0.700. The van der Waals surface area contributed by atoms with Crippen molar-refractivity contribution in [3.63, 3.8) is 0 Å². The van der Waals surface area contributed by atoms with Crippen LogP contribution >= 0.6 is 11.3 Å². The van der Waals surface area contributed by atoms with Crippen molar-refractivity contribution in [2.45, 2.75) is 0 Å². The van der Waals surface area contributed by atoms with Crippen LogP contribution in [0.25, 0.3) is 0 Å². The number of nitrogens with two attached hydrogens (primary N) is 2. The highest BCUT2D eigenvalue weighted by molar-refractivity contribution is 7.13. The highest BCUT2D eigenvalue weighted by Gasteiger charge is 1.86. The molecule has 1 radical (unpaired) electrons. The average Bonchev–Trinajstić information content (AvgIpc) is 1.87. The summed E-state index contributed by atoms with van der Waals surface area (Å²) in [6.07, 6.45) is 0. The Labute approximate surface area is 45.8 Å². The van der Waals surface area contributed by atoms with Crippen LogP contribution in [0.2, 0.25) is 0 Å². The van der Waals surface area contributed by atoms with Crippen LogP contribution in [0, 0.1) is 5.38 Å². The third-order valence-electron chi connectivity index (χ3n) is 0.584. The van der Waals surface area contributed by atoms with Crippen molar-refractivity contribution in [3.05, 3.63) is 11.4 Å². The van der Waals surface area contributed by atoms with Crippen molar-refractivity contribution in [2.75, 3.05) is 11.5 Å². The Kier molecular flexibility index (Phi) is 0.906. The predicted molar refractivity (Wildman–Crippen MR) is 32.0 cm³/mol. The third-order valence-corrected chi connectivity index (χ3v) is 1.28. The molecule has 37 valence electrons. The average molecular weight is 113 g/mol. The summed E-state index contributed by atoms with van der Waals surface area (Å²) < 4.78 is 0. The van der Waals surface area contributed by atoms with Crippen molar-refractivity contribution in [2.24, 2.45) is 0 Å². The quantitative estimate of drug-likeness (QED) is 0.520. The number of anilines is 2. The van der Waals surface area contributed by atoms with E-state index in [1.54, 1.807) is 6.07 Å². The molecule has 0 aliphatic rings. The Morgan fingerprint density at radius 2 is 2.29 bits per heavy atom. The molecule has 7 heavy (non-hydrogen) atoms. The summed E-state index contributed by atoms with van der Waals surface area (Å²) in [4.78, 5) is 0. The van der Waals surface area contributed by atoms with E-state index in [1.165, 1.54) is 11.3 Å². The summed E-state index contributed by atoms with van der Waals surface area (Å²) >= 11 is 1.33. The van der Waals surface area contributed by atoms with E-state index in [-0.39, 0.29) is 0 Å². The fraction of sp³-hybridized carbons (Fsp3) is 0. The van der Waals surface area contributed by atoms with Crippen molar-refractivity contribution >= 4 is 22.0 Å². The minimum atomic E-state index is 0.627. The van der Waals surface area contributed by atoms with E-state index in [4.69, 9.17) is 11.5 Å². The monoisotopic (exact) mass is 113 g/mol. The Bertz CT molecular complexity index is 142. The standard InChI is InChI=1S/C4H5N2S/c5-3-1-4(6)7-2-3/h1H,5-6H2. The van der Waals surface area contributed by atoms with Gasteiger partial charge in [-0.05, 0) is 6.07 Å². The van der Waals surface area contributed by atoms with E-state index < -0.39 is 0 Å². The molecular formula is C4H5N2S. The maximum absolute atomic E-state index is 5.29. The Morgan fingerprint density at radius 3 is 2.43 bits per heavy atom. The van der Waals surface area contributed by atoms with Gasteiger partial charge in [0.25, 0.3) is 0 Å². The molecule has 1 aromatic heterocycles. The van der Waals surface area contributed by atoms with Gasteiger partial charge in [0.05, 0.1) is 16.1 Å². The minimum Gasteiger partial charge on any atom is -0.397 e. The van der Waals surface area contributed by atoms with E-state index in [0.29, 0.717) is 5.69 Å². The number of hydrogen-bond acceptors (Lipinski definition) is 3. The van der Waals surface area contributed by atoms with E-state index >= 15 is 0 Å². The molecule has 0 atom stereocenters. The summed E-state index contributed by atoms with van der Waals surface area (Å²) in [5, 5.41) is 3.48. The van der Waals surface area contributed by atoms with E-state index in [9.17, 15) is 0 Å². The molecule has 3 heteroatoms. The van der Waals surface area contributed by atoms with Crippen molar-refractivity contribution in [1.82, 2.24) is 0 Å². The van der Waals surface area contributed by atoms with Crippen molar-refractivity contribution in [3.8, 4) is 0 Å². The third kappa shape index (κ3) is 0.838. The second kappa shape index (κ2) is 1.42. The summed E-state index contributed by atoms with van der Waals surface area (Å²) in [7, 11) is 0. The molecule has 1 heterocycles. The lowest BCUT2D eigenvalue weighted by molar-refractivity contribution is 1.85. The van der Waals surface area contributed by atoms with E-state index in [1.807, 2.05) is 0 Å². The second-order valence-corrected chi connectivity index (χ2v) is 2.09. The summed E-state index contributed by atoms with van der Waals surface area (Å²) in [6, 6.07) is 1.69. The van der Waals surface area contributed by atoms with Crippen LogP contribution in [0.3, 0.4) is 0 Å². The number of rotatable bonds is 0. The molecule has 0 fully saturated rings. The van der Waals surface area contributed by atoms with Gasteiger partial charge in [-0.3, -0.25) is 0 Å². The molecular weight excluding hydrogens is 108 g/mol. The molecule has 0 amide bonds. The molecule has 0 saturated carbocycles. The molecule has 1 aromatic rings. The van der Waals surface area contributed by atoms with Gasteiger partial charge >= 0.3 is 0 Å². The highest BCUT2D eigenvalue weighted by Crippen LogP contribution is 2.15. The smallest absolute Gasteiger partial charge is 0.0884 e. The van der Waals surface area contributed by atoms with Gasteiger partial charge in [-0.2, -0.15) is 0 Å². The number of thiophene rings is 1. The van der Waals surface area contributed by atoms with Crippen LogP contribution in [-0.4, -0.2) is 0 Å². The molecule has 0 spiro atoms. The zero-order chi connectivity index (χ0) is 5.28. The van der Waals surface area contributed by atoms with Gasteiger partial charge in [0.2, 0.25) is 0 Å². The first-order chi connectivity index (χ1) is 3.29. The van der Waals surface area contributed by atoms with Crippen LogP contribution < -0.4 is 11.5 Å². The lowest BCUT2D eigenvalue weighted by Gasteiger charge is -1.72. The molecule has 1 rings (SSSR count). The Balaban J connectivity index is 3.04. The summed E-state index contributed by atoms with van der Waals surface area (Å²) in [5.74, 6) is 0. The van der Waals surface area contributed by atoms with Crippen molar-refractivity contribution in [1.29, 1.82) is 0 Å². The van der Waals surface area contributed by atoms with Gasteiger partial charge in [0, 0.05) is 0 Å². The fourth-order valence-electron chi connectivity index (χ4n) is 0.330. The molecule has 0 saturated heterocycles. The Morgan fingerprint density at radius 1 is 1.57 bits per heavy atom. The minimum absolute atomic E-state index is 0.627. The molecule has 0 aromatic carbocycles.